The SMILES string of the molecule is O=C(Oc1ccc([N+](=O)[O-])cc1)C(Cl)=C(Cl)Cl. The lowest BCUT2D eigenvalue weighted by atomic mass is 10.3. The summed E-state index contributed by atoms with van der Waals surface area (Å²) in [5.74, 6) is -0.853. The number of non-ortho nitro benzene ring substituents is 1. The molecule has 0 bridgehead atoms. The fourth-order valence-corrected chi connectivity index (χ4v) is 1.06. The number of carbonyl (C=O) groups excluding carboxylic acids is 1. The fourth-order valence-electron chi connectivity index (χ4n) is 0.865. The van der Waals surface area contributed by atoms with Crippen molar-refractivity contribution in [1.29, 1.82) is 0 Å². The Hall–Kier alpha value is -1.30. The van der Waals surface area contributed by atoms with E-state index in [-0.39, 0.29) is 11.4 Å². The highest BCUT2D eigenvalue weighted by Crippen LogP contribution is 2.22. The third-order valence-corrected chi connectivity index (χ3v) is 2.52. The summed E-state index contributed by atoms with van der Waals surface area (Å²) in [6.07, 6.45) is 0. The van der Waals surface area contributed by atoms with Crippen molar-refractivity contribution in [2.45, 2.75) is 0 Å². The number of ether oxygens (including phenoxy) is 1. The quantitative estimate of drug-likeness (QED) is 0.282. The van der Waals surface area contributed by atoms with Gasteiger partial charge >= 0.3 is 5.97 Å². The van der Waals surface area contributed by atoms with E-state index in [1.807, 2.05) is 0 Å². The summed E-state index contributed by atoms with van der Waals surface area (Å²) < 4.78 is 4.33. The molecule has 5 nitrogen and oxygen atoms in total. The van der Waals surface area contributed by atoms with Crippen molar-refractivity contribution in [1.82, 2.24) is 0 Å². The lowest BCUT2D eigenvalue weighted by molar-refractivity contribution is -0.384. The van der Waals surface area contributed by atoms with Crippen molar-refractivity contribution in [3.05, 3.63) is 43.9 Å². The smallest absolute Gasteiger partial charge is 0.357 e. The molecule has 0 fully saturated rings. The number of nitrogens with zero attached hydrogens (tertiary/aromatic N) is 1. The minimum atomic E-state index is -0.944. The largest absolute Gasteiger partial charge is 0.422 e. The number of hydrogen-bond donors (Lipinski definition) is 0. The molecule has 17 heavy (non-hydrogen) atoms. The molecular weight excluding hydrogens is 292 g/mol. The van der Waals surface area contributed by atoms with Crippen LogP contribution in [0.15, 0.2) is 33.8 Å². The van der Waals surface area contributed by atoms with Crippen LogP contribution in [0, 0.1) is 10.1 Å². The molecule has 8 heteroatoms. The maximum atomic E-state index is 11.3. The molecule has 0 radical (unpaired) electrons. The predicted octanol–water partition coefficient (Wildman–Crippen LogP) is 3.39. The second-order valence-electron chi connectivity index (χ2n) is 2.71. The Bertz CT molecular complexity index is 480. The van der Waals surface area contributed by atoms with Crippen LogP contribution < -0.4 is 4.74 Å². The van der Waals surface area contributed by atoms with Crippen LogP contribution in [0.2, 0.25) is 0 Å². The van der Waals surface area contributed by atoms with Gasteiger partial charge in [0.1, 0.15) is 10.2 Å². The van der Waals surface area contributed by atoms with Crippen LogP contribution in [0.25, 0.3) is 0 Å². The molecule has 90 valence electrons. The zero-order valence-corrected chi connectivity index (χ0v) is 10.3. The van der Waals surface area contributed by atoms with Crippen molar-refractivity contribution in [2.75, 3.05) is 0 Å². The van der Waals surface area contributed by atoms with E-state index in [0.29, 0.717) is 0 Å². The number of benzene rings is 1. The number of hydrogen-bond acceptors (Lipinski definition) is 4. The summed E-state index contributed by atoms with van der Waals surface area (Å²) in [5.41, 5.74) is -0.123. The number of esters is 1. The minimum Gasteiger partial charge on any atom is -0.422 e. The van der Waals surface area contributed by atoms with Gasteiger partial charge in [-0.2, -0.15) is 0 Å². The van der Waals surface area contributed by atoms with E-state index in [9.17, 15) is 14.9 Å². The van der Waals surface area contributed by atoms with Crippen LogP contribution in [0.3, 0.4) is 0 Å². The van der Waals surface area contributed by atoms with Gasteiger partial charge in [0.15, 0.2) is 5.03 Å². The van der Waals surface area contributed by atoms with Crippen LogP contribution in [0.4, 0.5) is 5.69 Å². The molecule has 0 atom stereocenters. The van der Waals surface area contributed by atoms with Gasteiger partial charge in [0, 0.05) is 12.1 Å². The van der Waals surface area contributed by atoms with Crippen molar-refractivity contribution in [3.63, 3.8) is 0 Å². The van der Waals surface area contributed by atoms with E-state index >= 15 is 0 Å². The highest BCUT2D eigenvalue weighted by atomic mass is 35.5. The van der Waals surface area contributed by atoms with E-state index in [1.165, 1.54) is 24.3 Å². The monoisotopic (exact) mass is 295 g/mol. The molecule has 0 N–H and O–H groups in total. The van der Waals surface area contributed by atoms with Gasteiger partial charge in [0.05, 0.1) is 4.92 Å². The molecule has 0 heterocycles. The Labute approximate surface area is 111 Å². The molecule has 0 aliphatic carbocycles. The highest BCUT2D eigenvalue weighted by Gasteiger charge is 2.14. The first-order chi connectivity index (χ1) is 7.91. The van der Waals surface area contributed by atoms with Crippen molar-refractivity contribution in [2.24, 2.45) is 0 Å². The normalized spacial score (nSPS) is 9.59. The Morgan fingerprint density at radius 3 is 2.12 bits per heavy atom. The van der Waals surface area contributed by atoms with Crippen LogP contribution >= 0.6 is 34.8 Å². The maximum Gasteiger partial charge on any atom is 0.357 e. The number of nitro groups is 1. The second-order valence-corrected chi connectivity index (χ2v) is 4.04. The first-order valence-electron chi connectivity index (χ1n) is 4.09. The van der Waals surface area contributed by atoms with E-state index < -0.39 is 20.4 Å². The van der Waals surface area contributed by atoms with Gasteiger partial charge in [-0.3, -0.25) is 10.1 Å². The number of nitro benzene ring substituents is 1. The van der Waals surface area contributed by atoms with Gasteiger partial charge < -0.3 is 4.74 Å². The Morgan fingerprint density at radius 1 is 1.18 bits per heavy atom. The van der Waals surface area contributed by atoms with Crippen molar-refractivity contribution >= 4 is 46.5 Å². The molecule has 1 aromatic carbocycles. The van der Waals surface area contributed by atoms with E-state index in [4.69, 9.17) is 39.5 Å². The van der Waals surface area contributed by atoms with Gasteiger partial charge in [0.2, 0.25) is 0 Å². The molecule has 0 amide bonds. The van der Waals surface area contributed by atoms with E-state index in [1.54, 1.807) is 0 Å². The molecule has 0 unspecified atom stereocenters. The third-order valence-electron chi connectivity index (χ3n) is 1.60. The average molecular weight is 296 g/mol. The van der Waals surface area contributed by atoms with Gasteiger partial charge in [0.25, 0.3) is 5.69 Å². The molecule has 0 aliphatic rings. The third kappa shape index (κ3) is 3.89. The second kappa shape index (κ2) is 5.86. The summed E-state index contributed by atoms with van der Waals surface area (Å²) in [7, 11) is 0. The fraction of sp³-hybridized carbons (Fsp3) is 0. The molecule has 1 rings (SSSR count). The summed E-state index contributed by atoms with van der Waals surface area (Å²) in [4.78, 5) is 21.0. The van der Waals surface area contributed by atoms with Crippen LogP contribution in [-0.2, 0) is 4.79 Å². The van der Waals surface area contributed by atoms with Crippen molar-refractivity contribution < 1.29 is 14.5 Å². The van der Waals surface area contributed by atoms with E-state index in [2.05, 4.69) is 0 Å². The lowest BCUT2D eigenvalue weighted by Crippen LogP contribution is -2.08. The topological polar surface area (TPSA) is 69.4 Å². The number of carbonyl (C=O) groups is 1. The zero-order valence-electron chi connectivity index (χ0n) is 8.02. The Balaban J connectivity index is 2.80. The molecule has 0 saturated carbocycles. The van der Waals surface area contributed by atoms with Gasteiger partial charge in [-0.1, -0.05) is 34.8 Å². The number of rotatable bonds is 3. The Kier molecular flexibility index (Phi) is 4.74. The summed E-state index contributed by atoms with van der Waals surface area (Å²) in [6, 6.07) is 4.87. The summed E-state index contributed by atoms with van der Waals surface area (Å²) in [6.45, 7) is 0. The first-order valence-corrected chi connectivity index (χ1v) is 5.22. The van der Waals surface area contributed by atoms with Gasteiger partial charge in [-0.25, -0.2) is 4.79 Å². The Morgan fingerprint density at radius 2 is 1.71 bits per heavy atom. The first kappa shape index (κ1) is 13.8. The average Bonchev–Trinajstić information content (AvgIpc) is 2.28. The van der Waals surface area contributed by atoms with Crippen LogP contribution in [0.1, 0.15) is 0 Å². The predicted molar refractivity (Wildman–Crippen MR) is 63.3 cm³/mol. The van der Waals surface area contributed by atoms with E-state index in [0.717, 1.165) is 0 Å². The maximum absolute atomic E-state index is 11.3. The van der Waals surface area contributed by atoms with Gasteiger partial charge in [-0.05, 0) is 12.1 Å². The summed E-state index contributed by atoms with van der Waals surface area (Å²) >= 11 is 16.0. The molecule has 0 aromatic heterocycles. The van der Waals surface area contributed by atoms with Crippen LogP contribution in [0.5, 0.6) is 5.75 Å². The van der Waals surface area contributed by atoms with Crippen molar-refractivity contribution in [3.8, 4) is 5.75 Å². The standard InChI is InChI=1S/C9H4Cl3NO4/c10-7(8(11)12)9(14)17-6-3-1-5(2-4-6)13(15)16/h1-4H. The molecule has 1 aromatic rings. The lowest BCUT2D eigenvalue weighted by Gasteiger charge is -2.02. The molecule has 0 saturated heterocycles. The van der Waals surface area contributed by atoms with Crippen LogP contribution in [-0.4, -0.2) is 10.9 Å². The molecule has 0 spiro atoms. The molecule has 0 aliphatic heterocycles. The number of halogens is 3. The minimum absolute atomic E-state index is 0.0910. The van der Waals surface area contributed by atoms with Gasteiger partial charge in [-0.15, -0.1) is 0 Å². The molecular formula is C9H4Cl3NO4. The highest BCUT2D eigenvalue weighted by molar-refractivity contribution is 6.62. The zero-order chi connectivity index (χ0) is 13.0. The summed E-state index contributed by atoms with van der Waals surface area (Å²) in [5, 5.41) is 9.90.